The topological polar surface area (TPSA) is 50.6 Å². The highest BCUT2D eigenvalue weighted by atomic mass is 127. The number of para-hydroxylation sites is 1. The Kier molecular flexibility index (Phi) is 7.71. The maximum atomic E-state index is 6.12. The van der Waals surface area contributed by atoms with Crippen molar-refractivity contribution in [2.24, 2.45) is 12.0 Å². The third-order valence-electron chi connectivity index (χ3n) is 5.00. The SMILES string of the molecule is CN=C(NCc1cc(Cl)c(Cl)n1C)NCC1(c2ccccc2OC)CC1.I. The van der Waals surface area contributed by atoms with Gasteiger partial charge in [-0.05, 0) is 25.0 Å². The van der Waals surface area contributed by atoms with Crippen molar-refractivity contribution < 1.29 is 4.74 Å². The third-order valence-corrected chi connectivity index (χ3v) is 5.84. The van der Waals surface area contributed by atoms with Crippen LogP contribution in [0.3, 0.4) is 0 Å². The summed E-state index contributed by atoms with van der Waals surface area (Å²) in [6.07, 6.45) is 2.28. The smallest absolute Gasteiger partial charge is 0.191 e. The average molecular weight is 523 g/mol. The normalized spacial score (nSPS) is 15.1. The molecule has 0 unspecified atom stereocenters. The number of methoxy groups -OCH3 is 1. The molecular formula is C19H25Cl2IN4O. The van der Waals surface area contributed by atoms with Crippen LogP contribution in [0.4, 0.5) is 0 Å². The van der Waals surface area contributed by atoms with Gasteiger partial charge in [0.05, 0.1) is 18.7 Å². The van der Waals surface area contributed by atoms with Gasteiger partial charge in [-0.25, -0.2) is 0 Å². The molecule has 0 saturated heterocycles. The molecule has 1 heterocycles. The van der Waals surface area contributed by atoms with E-state index in [4.69, 9.17) is 27.9 Å². The first-order valence-electron chi connectivity index (χ1n) is 8.58. The molecule has 1 aromatic heterocycles. The quantitative estimate of drug-likeness (QED) is 0.337. The van der Waals surface area contributed by atoms with Gasteiger partial charge in [0, 0.05) is 37.3 Å². The zero-order valence-electron chi connectivity index (χ0n) is 15.7. The van der Waals surface area contributed by atoms with E-state index in [-0.39, 0.29) is 29.4 Å². The van der Waals surface area contributed by atoms with Crippen molar-refractivity contribution in [3.05, 3.63) is 51.8 Å². The van der Waals surface area contributed by atoms with Crippen LogP contribution < -0.4 is 15.4 Å². The van der Waals surface area contributed by atoms with Crippen LogP contribution in [-0.4, -0.2) is 31.2 Å². The maximum Gasteiger partial charge on any atom is 0.191 e. The van der Waals surface area contributed by atoms with Crippen LogP contribution >= 0.6 is 47.2 Å². The number of nitrogens with zero attached hydrogens (tertiary/aromatic N) is 2. The molecule has 8 heteroatoms. The monoisotopic (exact) mass is 522 g/mol. The molecule has 2 aromatic rings. The molecule has 0 radical (unpaired) electrons. The Labute approximate surface area is 187 Å². The van der Waals surface area contributed by atoms with E-state index < -0.39 is 0 Å². The van der Waals surface area contributed by atoms with Crippen LogP contribution in [0, 0.1) is 0 Å². The Balaban J connectivity index is 0.00000261. The highest BCUT2D eigenvalue weighted by Crippen LogP contribution is 2.50. The van der Waals surface area contributed by atoms with E-state index in [1.165, 1.54) is 5.56 Å². The van der Waals surface area contributed by atoms with Crippen LogP contribution in [0.5, 0.6) is 5.75 Å². The molecule has 148 valence electrons. The Morgan fingerprint density at radius 2 is 1.96 bits per heavy atom. The number of ether oxygens (including phenoxy) is 1. The molecule has 0 bridgehead atoms. The molecule has 0 spiro atoms. The zero-order valence-corrected chi connectivity index (χ0v) is 19.5. The number of hydrogen-bond donors (Lipinski definition) is 2. The largest absolute Gasteiger partial charge is 0.496 e. The predicted octanol–water partition coefficient (Wildman–Crippen LogP) is 4.36. The van der Waals surface area contributed by atoms with Crippen LogP contribution in [0.15, 0.2) is 35.3 Å². The summed E-state index contributed by atoms with van der Waals surface area (Å²) in [6.45, 7) is 1.39. The van der Waals surface area contributed by atoms with E-state index in [0.29, 0.717) is 16.7 Å². The van der Waals surface area contributed by atoms with Crippen LogP contribution in [-0.2, 0) is 19.0 Å². The lowest BCUT2D eigenvalue weighted by molar-refractivity contribution is 0.403. The summed E-state index contributed by atoms with van der Waals surface area (Å²) in [5.41, 5.74) is 2.36. The van der Waals surface area contributed by atoms with Gasteiger partial charge in [-0.1, -0.05) is 41.4 Å². The van der Waals surface area contributed by atoms with Gasteiger partial charge in [-0.3, -0.25) is 4.99 Å². The van der Waals surface area contributed by atoms with Crippen LogP contribution in [0.25, 0.3) is 0 Å². The first-order valence-corrected chi connectivity index (χ1v) is 9.34. The van der Waals surface area contributed by atoms with E-state index in [1.54, 1.807) is 14.2 Å². The van der Waals surface area contributed by atoms with Crippen LogP contribution in [0.2, 0.25) is 10.2 Å². The standard InChI is InChI=1S/C19H24Cl2N4O.HI/c1-22-18(23-11-13-10-15(20)17(21)25(13)2)24-12-19(8-9-19)14-6-4-5-7-16(14)26-3;/h4-7,10H,8-9,11-12H2,1-3H3,(H2,22,23,24);1H. The molecule has 1 saturated carbocycles. The van der Waals surface area contributed by atoms with E-state index in [9.17, 15) is 0 Å². The number of aromatic nitrogens is 1. The fourth-order valence-electron chi connectivity index (χ4n) is 3.18. The molecular weight excluding hydrogens is 498 g/mol. The summed E-state index contributed by atoms with van der Waals surface area (Å²) in [4.78, 5) is 4.32. The Morgan fingerprint density at radius 1 is 1.26 bits per heavy atom. The fourth-order valence-corrected chi connectivity index (χ4v) is 3.60. The minimum atomic E-state index is 0. The van der Waals surface area contributed by atoms with Crippen molar-refractivity contribution in [2.75, 3.05) is 20.7 Å². The summed E-state index contributed by atoms with van der Waals surface area (Å²) in [5, 5.41) is 7.86. The van der Waals surface area contributed by atoms with Crippen LogP contribution in [0.1, 0.15) is 24.1 Å². The van der Waals surface area contributed by atoms with E-state index in [1.807, 2.05) is 29.8 Å². The van der Waals surface area contributed by atoms with Crippen molar-refractivity contribution in [2.45, 2.75) is 24.8 Å². The summed E-state index contributed by atoms with van der Waals surface area (Å²) in [7, 11) is 5.38. The number of benzene rings is 1. The van der Waals surface area contributed by atoms with Gasteiger partial charge >= 0.3 is 0 Å². The van der Waals surface area contributed by atoms with E-state index in [0.717, 1.165) is 36.8 Å². The molecule has 1 aliphatic rings. The molecule has 3 rings (SSSR count). The van der Waals surface area contributed by atoms with Crippen molar-refractivity contribution in [3.63, 3.8) is 0 Å². The van der Waals surface area contributed by atoms with Crippen molar-refractivity contribution in [1.82, 2.24) is 15.2 Å². The molecule has 0 aliphatic heterocycles. The number of nitrogens with one attached hydrogen (secondary N) is 2. The second-order valence-electron chi connectivity index (χ2n) is 6.59. The first-order chi connectivity index (χ1) is 12.5. The maximum absolute atomic E-state index is 6.12. The minimum absolute atomic E-state index is 0. The summed E-state index contributed by atoms with van der Waals surface area (Å²) in [6, 6.07) is 10.1. The van der Waals surface area contributed by atoms with Gasteiger partial charge in [-0.2, -0.15) is 0 Å². The molecule has 1 aliphatic carbocycles. The Hall–Kier alpha value is -1.12. The lowest BCUT2D eigenvalue weighted by Crippen LogP contribution is -2.41. The van der Waals surface area contributed by atoms with Gasteiger partial charge in [0.2, 0.25) is 0 Å². The minimum Gasteiger partial charge on any atom is -0.496 e. The molecule has 2 N–H and O–H groups in total. The van der Waals surface area contributed by atoms with E-state index in [2.05, 4.69) is 27.8 Å². The van der Waals surface area contributed by atoms with Gasteiger partial charge in [0.1, 0.15) is 10.9 Å². The molecule has 27 heavy (non-hydrogen) atoms. The van der Waals surface area contributed by atoms with Crippen molar-refractivity contribution in [3.8, 4) is 5.75 Å². The summed E-state index contributed by atoms with van der Waals surface area (Å²) in [5.74, 6) is 1.70. The van der Waals surface area contributed by atoms with Gasteiger partial charge < -0.3 is 19.9 Å². The van der Waals surface area contributed by atoms with Crippen molar-refractivity contribution in [1.29, 1.82) is 0 Å². The van der Waals surface area contributed by atoms with E-state index >= 15 is 0 Å². The molecule has 1 aromatic carbocycles. The number of hydrogen-bond acceptors (Lipinski definition) is 2. The van der Waals surface area contributed by atoms with Gasteiger partial charge in [0.15, 0.2) is 5.96 Å². The highest BCUT2D eigenvalue weighted by Gasteiger charge is 2.46. The molecule has 0 amide bonds. The molecule has 5 nitrogen and oxygen atoms in total. The lowest BCUT2D eigenvalue weighted by atomic mass is 9.95. The number of rotatable bonds is 6. The number of aliphatic imine (C=N–C) groups is 1. The second-order valence-corrected chi connectivity index (χ2v) is 7.36. The van der Waals surface area contributed by atoms with Gasteiger partial charge in [0.25, 0.3) is 0 Å². The number of halogens is 3. The number of guanidine groups is 1. The van der Waals surface area contributed by atoms with Crippen molar-refractivity contribution >= 4 is 53.1 Å². The Bertz CT molecular complexity index is 818. The summed E-state index contributed by atoms with van der Waals surface area (Å²) >= 11 is 12.2. The lowest BCUT2D eigenvalue weighted by Gasteiger charge is -2.21. The zero-order chi connectivity index (χ0) is 18.7. The molecule has 0 atom stereocenters. The second kappa shape index (κ2) is 9.39. The fraction of sp³-hybridized carbons (Fsp3) is 0.421. The molecule has 1 fully saturated rings. The van der Waals surface area contributed by atoms with Gasteiger partial charge in [-0.15, -0.1) is 24.0 Å². The predicted molar refractivity (Wildman–Crippen MR) is 123 cm³/mol. The third kappa shape index (κ3) is 4.84. The highest BCUT2D eigenvalue weighted by molar-refractivity contribution is 14.0. The first kappa shape index (κ1) is 22.2. The average Bonchev–Trinajstić information content (AvgIpc) is 3.41. The Morgan fingerprint density at radius 3 is 2.52 bits per heavy atom. The summed E-state index contributed by atoms with van der Waals surface area (Å²) < 4.78 is 7.40.